The van der Waals surface area contributed by atoms with E-state index in [0.717, 1.165) is 32.6 Å². The number of benzene rings is 1. The van der Waals surface area contributed by atoms with E-state index in [1.165, 1.54) is 0 Å². The first-order valence-corrected chi connectivity index (χ1v) is 22.2. The van der Waals surface area contributed by atoms with Crippen LogP contribution in [0.2, 0.25) is 0 Å². The van der Waals surface area contributed by atoms with Crippen molar-refractivity contribution in [1.82, 2.24) is 26.2 Å². The fraction of sp³-hybridized carbons (Fsp3) is 0.581. The van der Waals surface area contributed by atoms with E-state index in [1.807, 2.05) is 0 Å². The Morgan fingerprint density at radius 2 is 1.44 bits per heavy atom. The molecule has 2 aliphatic heterocycles. The van der Waals surface area contributed by atoms with E-state index in [4.69, 9.17) is 45.6 Å². The van der Waals surface area contributed by atoms with Crippen molar-refractivity contribution in [1.29, 1.82) is 0 Å². The zero-order valence-corrected chi connectivity index (χ0v) is 39.4. The number of aliphatic imine (C=N–C) groups is 1. The largest absolute Gasteiger partial charge is 0.481 e. The van der Waals surface area contributed by atoms with Gasteiger partial charge >= 0.3 is 35.8 Å². The van der Waals surface area contributed by atoms with Gasteiger partial charge in [0.15, 0.2) is 30.6 Å². The van der Waals surface area contributed by atoms with Crippen LogP contribution in [0.4, 0.5) is 0 Å². The van der Waals surface area contributed by atoms with Crippen LogP contribution in [0, 0.1) is 0 Å². The number of nitrogens with two attached hydrogens (primary N) is 3. The molecule has 2 aliphatic rings. The van der Waals surface area contributed by atoms with Gasteiger partial charge in [-0.05, 0) is 31.2 Å². The smallest absolute Gasteiger partial charge is 0.326 e. The highest BCUT2D eigenvalue weighted by Gasteiger charge is 2.53. The minimum absolute atomic E-state index is 0.0124. The van der Waals surface area contributed by atoms with Gasteiger partial charge in [0.25, 0.3) is 0 Å². The van der Waals surface area contributed by atoms with E-state index in [0.29, 0.717) is 12.0 Å². The minimum Gasteiger partial charge on any atom is -0.481 e. The molecule has 28 heteroatoms. The minimum atomic E-state index is -1.76. The van der Waals surface area contributed by atoms with E-state index < -0.39 is 152 Å². The number of aliphatic carboxylic acids is 2. The van der Waals surface area contributed by atoms with Crippen LogP contribution in [0.15, 0.2) is 35.3 Å². The van der Waals surface area contributed by atoms with Crippen LogP contribution in [-0.4, -0.2) is 180 Å². The number of rotatable bonds is 26. The van der Waals surface area contributed by atoms with Crippen molar-refractivity contribution in [2.24, 2.45) is 22.2 Å². The number of carboxylic acid groups (broad SMARTS) is 2. The molecular weight excluding hydrogens is 947 g/mol. The molecule has 2 heterocycles. The molecule has 28 nitrogen and oxygen atoms in total. The van der Waals surface area contributed by atoms with Crippen molar-refractivity contribution < 1.29 is 91.4 Å². The third-order valence-corrected chi connectivity index (χ3v) is 10.5. The van der Waals surface area contributed by atoms with Crippen LogP contribution in [0.5, 0.6) is 0 Å². The number of carboxylic acids is 2. The Morgan fingerprint density at radius 3 is 2.03 bits per heavy atom. The highest BCUT2D eigenvalue weighted by molar-refractivity contribution is 5.96. The van der Waals surface area contributed by atoms with Crippen molar-refractivity contribution in [3.8, 4) is 0 Å². The zero-order chi connectivity index (χ0) is 52.9. The molecule has 2 fully saturated rings. The van der Waals surface area contributed by atoms with E-state index in [1.54, 1.807) is 30.3 Å². The number of hydrogen-bond donors (Lipinski definition) is 9. The predicted octanol–water partition coefficient (Wildman–Crippen LogP) is -4.17. The second kappa shape index (κ2) is 28.3. The average molecular weight is 1010 g/mol. The van der Waals surface area contributed by atoms with Gasteiger partial charge in [0.05, 0.1) is 19.6 Å². The van der Waals surface area contributed by atoms with Crippen LogP contribution in [-0.2, 0) is 87.6 Å². The number of esters is 4. The summed E-state index contributed by atoms with van der Waals surface area (Å²) >= 11 is 0. The van der Waals surface area contributed by atoms with Gasteiger partial charge < -0.3 is 82.0 Å². The molecule has 5 amide bonds. The van der Waals surface area contributed by atoms with Gasteiger partial charge in [-0.1, -0.05) is 30.3 Å². The fourth-order valence-electron chi connectivity index (χ4n) is 7.39. The third kappa shape index (κ3) is 19.5. The van der Waals surface area contributed by atoms with Crippen molar-refractivity contribution in [3.05, 3.63) is 35.9 Å². The summed E-state index contributed by atoms with van der Waals surface area (Å²) in [5.74, 6) is -11.3. The first-order valence-electron chi connectivity index (χ1n) is 22.2. The molecule has 0 spiro atoms. The topological polar surface area (TPSA) is 425 Å². The Hall–Kier alpha value is -7.46. The molecule has 0 aromatic heterocycles. The number of guanidine groups is 1. The lowest BCUT2D eigenvalue weighted by atomic mass is 9.98. The summed E-state index contributed by atoms with van der Waals surface area (Å²) in [6, 6.07) is 0.897. The maximum absolute atomic E-state index is 13.9. The lowest BCUT2D eigenvalue weighted by Crippen LogP contribution is -2.63. The molecule has 392 valence electrons. The summed E-state index contributed by atoms with van der Waals surface area (Å²) in [4.78, 5) is 144. The van der Waals surface area contributed by atoms with Crippen molar-refractivity contribution >= 4 is 71.3 Å². The maximum atomic E-state index is 13.9. The molecule has 1 aromatic rings. The number of carbonyl (C=O) groups is 11. The van der Waals surface area contributed by atoms with Crippen molar-refractivity contribution in [3.63, 3.8) is 0 Å². The summed E-state index contributed by atoms with van der Waals surface area (Å²) in [6.07, 6.45) is -8.36. The molecule has 12 N–H and O–H groups in total. The Labute approximate surface area is 406 Å². The quantitative estimate of drug-likeness (QED) is 0.0140. The van der Waals surface area contributed by atoms with Gasteiger partial charge in [0, 0.05) is 47.2 Å². The highest BCUT2D eigenvalue weighted by Crippen LogP contribution is 2.30. The Morgan fingerprint density at radius 1 is 0.803 bits per heavy atom. The lowest BCUT2D eigenvalue weighted by Gasteiger charge is -2.44. The van der Waals surface area contributed by atoms with Gasteiger partial charge in [0.1, 0.15) is 42.9 Å². The molecule has 0 unspecified atom stereocenters. The summed E-state index contributed by atoms with van der Waals surface area (Å²) in [5, 5.41) is 28.4. The highest BCUT2D eigenvalue weighted by atomic mass is 16.7. The van der Waals surface area contributed by atoms with E-state index in [9.17, 15) is 63.0 Å². The number of nitrogens with zero attached hydrogens (tertiary/aromatic N) is 2. The van der Waals surface area contributed by atoms with Crippen molar-refractivity contribution in [2.75, 3.05) is 32.8 Å². The van der Waals surface area contributed by atoms with Crippen LogP contribution in [0.25, 0.3) is 0 Å². The predicted molar refractivity (Wildman–Crippen MR) is 239 cm³/mol. The molecule has 0 bridgehead atoms. The molecule has 0 aliphatic carbocycles. The molecular formula is C43H61N9O19. The molecule has 0 radical (unpaired) electrons. The second-order valence-corrected chi connectivity index (χ2v) is 16.2. The number of ether oxygens (including phenoxy) is 6. The SMILES string of the molecule is CC(=O)OC[C@H]1O[C@H](OC[C@H](N)C(=O)N2CCC[C@H]2C(=O)N[C@@H](CCCN=C(N)N)C(=O)NCC(=O)N[C@@H](CC(=O)O)C(=O)N[C@@H](Cc2ccccc2)C(=O)O)[C@@H](OC(C)=O)[C@@H](OC(C)=O)[C@@H]1OC(C)=O. The average Bonchev–Trinajstić information content (AvgIpc) is 3.78. The Kier molecular flexibility index (Phi) is 23.0. The number of hydrogen-bond acceptors (Lipinski definition) is 19. The standard InChI is InChI=1S/C43H61N9O19/c1-21(53)66-20-31-34(68-22(2)54)35(69-23(3)55)36(70-24(4)56)42(71-31)67-19-26(44)40(63)52-15-9-13-30(52)39(62)50-27(12-8-14-47-43(45)46)37(60)48-18-32(57)49-28(17-33(58)59)38(61)51-29(41(64)65)16-25-10-6-5-7-11-25/h5-7,10-11,26-31,34-36,42H,8-9,12-20,44H2,1-4H3,(H,48,60)(H,49,57)(H,50,62)(H,51,61)(H,58,59)(H,64,65)(H4,45,46,47)/t26-,27-,28-,29-,30-,31+,34+,35-,36-,42-/m0/s1. The van der Waals surface area contributed by atoms with Crippen molar-refractivity contribution in [2.45, 2.75) is 127 Å². The summed E-state index contributed by atoms with van der Waals surface area (Å²) < 4.78 is 32.9. The van der Waals surface area contributed by atoms with Crippen LogP contribution in [0.3, 0.4) is 0 Å². The van der Waals surface area contributed by atoms with E-state index in [2.05, 4.69) is 26.3 Å². The molecule has 71 heavy (non-hydrogen) atoms. The maximum Gasteiger partial charge on any atom is 0.326 e. The van der Waals surface area contributed by atoms with Crippen LogP contribution in [0.1, 0.15) is 65.4 Å². The number of nitrogens with one attached hydrogen (secondary N) is 4. The van der Waals surface area contributed by atoms with Gasteiger partial charge in [-0.25, -0.2) is 4.79 Å². The normalized spacial score (nSPS) is 21.1. The molecule has 3 rings (SSSR count). The molecule has 1 aromatic carbocycles. The summed E-state index contributed by atoms with van der Waals surface area (Å²) in [7, 11) is 0. The van der Waals surface area contributed by atoms with Gasteiger partial charge in [-0.2, -0.15) is 0 Å². The number of carbonyl (C=O) groups excluding carboxylic acids is 9. The van der Waals surface area contributed by atoms with Crippen LogP contribution < -0.4 is 38.5 Å². The first kappa shape index (κ1) is 57.9. The Bertz CT molecular complexity index is 2120. The van der Waals surface area contributed by atoms with Gasteiger partial charge in [-0.15, -0.1) is 0 Å². The van der Waals surface area contributed by atoms with E-state index in [-0.39, 0.29) is 44.7 Å². The summed E-state index contributed by atoms with van der Waals surface area (Å²) in [5.41, 5.74) is 17.7. The number of amides is 5. The monoisotopic (exact) mass is 1010 g/mol. The third-order valence-electron chi connectivity index (χ3n) is 10.5. The molecule has 2 saturated heterocycles. The fourth-order valence-corrected chi connectivity index (χ4v) is 7.39. The van der Waals surface area contributed by atoms with Gasteiger partial charge in [-0.3, -0.25) is 52.9 Å². The molecule has 0 saturated carbocycles. The summed E-state index contributed by atoms with van der Waals surface area (Å²) in [6.45, 7) is 2.17. The Balaban J connectivity index is 1.73. The van der Waals surface area contributed by atoms with Gasteiger partial charge in [0.2, 0.25) is 29.5 Å². The lowest BCUT2D eigenvalue weighted by molar-refractivity contribution is -0.308. The van der Waals surface area contributed by atoms with E-state index >= 15 is 0 Å². The molecule has 10 atom stereocenters. The number of likely N-dealkylation sites (tertiary alicyclic amines) is 1. The zero-order valence-electron chi connectivity index (χ0n) is 39.4. The van der Waals surface area contributed by atoms with Crippen LogP contribution >= 0.6 is 0 Å². The first-order chi connectivity index (χ1) is 33.5. The second-order valence-electron chi connectivity index (χ2n) is 16.2.